The molecule has 38 heavy (non-hydrogen) atoms. The van der Waals surface area contributed by atoms with Crippen molar-refractivity contribution in [3.05, 3.63) is 113 Å². The Hall–Kier alpha value is -4.05. The van der Waals surface area contributed by atoms with E-state index in [-0.39, 0.29) is 27.8 Å². The summed E-state index contributed by atoms with van der Waals surface area (Å²) in [7, 11) is 1.14. The molecule has 0 saturated heterocycles. The molecule has 0 bridgehead atoms. The molecular weight excluding hydrogens is 523 g/mol. The molecule has 0 N–H and O–H groups in total. The van der Waals surface area contributed by atoms with E-state index in [1.807, 2.05) is 0 Å². The van der Waals surface area contributed by atoms with Gasteiger partial charge in [0.2, 0.25) is 0 Å². The zero-order valence-electron chi connectivity index (χ0n) is 19.3. The van der Waals surface area contributed by atoms with E-state index in [4.69, 9.17) is 0 Å². The predicted octanol–water partition coefficient (Wildman–Crippen LogP) is 8.92. The van der Waals surface area contributed by atoms with Crippen LogP contribution in [0.5, 0.6) is 0 Å². The summed E-state index contributed by atoms with van der Waals surface area (Å²) in [5, 5.41) is 0. The second kappa shape index (κ2) is 10.7. The fourth-order valence-electron chi connectivity index (χ4n) is 3.85. The third-order valence-electron chi connectivity index (χ3n) is 5.64. The summed E-state index contributed by atoms with van der Waals surface area (Å²) < 4.78 is 132. The zero-order valence-corrected chi connectivity index (χ0v) is 19.3. The lowest BCUT2D eigenvalue weighted by Crippen LogP contribution is -1.97. The minimum atomic E-state index is -1.74. The molecule has 196 valence electrons. The van der Waals surface area contributed by atoms with E-state index < -0.39 is 70.1 Å². The number of hydrogen-bond donors (Lipinski definition) is 0. The predicted molar refractivity (Wildman–Crippen MR) is 123 cm³/mol. The number of rotatable bonds is 6. The standard InChI is InChI=1S/C28H15F9O/c1-38-12-25(35)27(36)14-3-5-18(20(30)7-14)15-8-21(31)26(22(32)9-15)13-2-4-17(19(29)6-13)16-10-23(33)28(37)24(34)11-16/h2-11H,12H2,1H3. The average Bonchev–Trinajstić information content (AvgIpc) is 2.86. The van der Waals surface area contributed by atoms with Gasteiger partial charge in [0.1, 0.15) is 29.9 Å². The lowest BCUT2D eigenvalue weighted by molar-refractivity contribution is 0.205. The molecular formula is C28H15F9O. The highest BCUT2D eigenvalue weighted by Crippen LogP contribution is 2.36. The van der Waals surface area contributed by atoms with E-state index in [1.54, 1.807) is 0 Å². The zero-order chi connectivity index (χ0) is 27.7. The molecule has 0 aromatic heterocycles. The van der Waals surface area contributed by atoms with Crippen molar-refractivity contribution in [2.45, 2.75) is 0 Å². The fraction of sp³-hybridized carbons (Fsp3) is 0.0714. The molecule has 0 fully saturated rings. The summed E-state index contributed by atoms with van der Waals surface area (Å²) in [6.07, 6.45) is 0. The van der Waals surface area contributed by atoms with Gasteiger partial charge in [0.15, 0.2) is 29.1 Å². The van der Waals surface area contributed by atoms with Crippen LogP contribution in [0.1, 0.15) is 5.56 Å². The number of ether oxygens (including phenoxy) is 1. The van der Waals surface area contributed by atoms with Crippen molar-refractivity contribution in [2.24, 2.45) is 0 Å². The van der Waals surface area contributed by atoms with E-state index in [0.29, 0.717) is 24.3 Å². The van der Waals surface area contributed by atoms with Gasteiger partial charge in [-0.3, -0.25) is 0 Å². The first-order chi connectivity index (χ1) is 18.0. The van der Waals surface area contributed by atoms with Crippen LogP contribution in [0.4, 0.5) is 39.5 Å². The summed E-state index contributed by atoms with van der Waals surface area (Å²) in [4.78, 5) is 0. The number of benzene rings is 4. The lowest BCUT2D eigenvalue weighted by Gasteiger charge is -2.12. The molecule has 10 heteroatoms. The molecule has 0 saturated carbocycles. The summed E-state index contributed by atoms with van der Waals surface area (Å²) >= 11 is 0. The molecule has 4 rings (SSSR count). The highest BCUT2D eigenvalue weighted by Gasteiger charge is 2.20. The first kappa shape index (κ1) is 27.0. The molecule has 0 amide bonds. The topological polar surface area (TPSA) is 9.23 Å². The summed E-state index contributed by atoms with van der Waals surface area (Å²) in [6.45, 7) is -0.674. The van der Waals surface area contributed by atoms with Crippen molar-refractivity contribution < 1.29 is 44.3 Å². The summed E-state index contributed by atoms with van der Waals surface area (Å²) in [5.41, 5.74) is -2.70. The van der Waals surface area contributed by atoms with Gasteiger partial charge < -0.3 is 4.74 Å². The first-order valence-corrected chi connectivity index (χ1v) is 10.8. The van der Waals surface area contributed by atoms with Gasteiger partial charge in [-0.05, 0) is 53.1 Å². The van der Waals surface area contributed by atoms with Crippen molar-refractivity contribution in [3.8, 4) is 33.4 Å². The van der Waals surface area contributed by atoms with Gasteiger partial charge in [-0.25, -0.2) is 39.5 Å². The van der Waals surface area contributed by atoms with Crippen LogP contribution >= 0.6 is 0 Å². The summed E-state index contributed by atoms with van der Waals surface area (Å²) in [5.74, 6) is -12.1. The van der Waals surface area contributed by atoms with Crippen molar-refractivity contribution in [2.75, 3.05) is 13.7 Å². The molecule has 0 unspecified atom stereocenters. The maximum atomic E-state index is 15.0. The second-order valence-corrected chi connectivity index (χ2v) is 8.11. The Bertz CT molecular complexity index is 1530. The number of methoxy groups -OCH3 is 1. The van der Waals surface area contributed by atoms with Gasteiger partial charge in [0.05, 0.1) is 5.56 Å². The van der Waals surface area contributed by atoms with E-state index in [1.165, 1.54) is 0 Å². The van der Waals surface area contributed by atoms with Crippen molar-refractivity contribution in [1.82, 2.24) is 0 Å². The Balaban J connectivity index is 1.70. The molecule has 0 radical (unpaired) electrons. The SMILES string of the molecule is COCC(F)=C(F)c1ccc(-c2cc(F)c(-c3ccc(-c4cc(F)c(F)c(F)c4)c(F)c3)c(F)c2)c(F)c1. The van der Waals surface area contributed by atoms with Gasteiger partial charge in [0, 0.05) is 23.8 Å². The van der Waals surface area contributed by atoms with Gasteiger partial charge in [0.25, 0.3) is 0 Å². The monoisotopic (exact) mass is 538 g/mol. The molecule has 1 nitrogen and oxygen atoms in total. The third-order valence-corrected chi connectivity index (χ3v) is 5.64. The number of hydrogen-bond acceptors (Lipinski definition) is 1. The van der Waals surface area contributed by atoms with E-state index >= 15 is 0 Å². The van der Waals surface area contributed by atoms with Crippen LogP contribution in [-0.4, -0.2) is 13.7 Å². The summed E-state index contributed by atoms with van der Waals surface area (Å²) in [6, 6.07) is 8.16. The van der Waals surface area contributed by atoms with Gasteiger partial charge in [-0.2, -0.15) is 0 Å². The Morgan fingerprint density at radius 3 is 1.55 bits per heavy atom. The van der Waals surface area contributed by atoms with Crippen LogP contribution in [0.25, 0.3) is 39.2 Å². The smallest absolute Gasteiger partial charge is 0.194 e. The third kappa shape index (κ3) is 5.17. The van der Waals surface area contributed by atoms with Gasteiger partial charge in [-0.1, -0.05) is 24.3 Å². The largest absolute Gasteiger partial charge is 0.377 e. The molecule has 4 aromatic rings. The fourth-order valence-corrected chi connectivity index (χ4v) is 3.85. The van der Waals surface area contributed by atoms with Crippen LogP contribution in [0, 0.1) is 40.7 Å². The van der Waals surface area contributed by atoms with Crippen LogP contribution in [0.2, 0.25) is 0 Å². The minimum absolute atomic E-state index is 0.274. The lowest BCUT2D eigenvalue weighted by atomic mass is 9.95. The molecule has 0 aliphatic rings. The maximum Gasteiger partial charge on any atom is 0.194 e. The molecule has 0 aliphatic heterocycles. The van der Waals surface area contributed by atoms with Crippen molar-refractivity contribution in [1.29, 1.82) is 0 Å². The van der Waals surface area contributed by atoms with E-state index in [0.717, 1.165) is 43.5 Å². The maximum absolute atomic E-state index is 15.0. The van der Waals surface area contributed by atoms with E-state index in [2.05, 4.69) is 4.74 Å². The van der Waals surface area contributed by atoms with E-state index in [9.17, 15) is 39.5 Å². The van der Waals surface area contributed by atoms with Gasteiger partial charge >= 0.3 is 0 Å². The quantitative estimate of drug-likeness (QED) is 0.176. The average molecular weight is 538 g/mol. The molecule has 4 aromatic carbocycles. The normalized spacial score (nSPS) is 12.1. The number of halogens is 9. The van der Waals surface area contributed by atoms with Crippen LogP contribution in [0.3, 0.4) is 0 Å². The van der Waals surface area contributed by atoms with Crippen LogP contribution in [-0.2, 0) is 4.74 Å². The minimum Gasteiger partial charge on any atom is -0.377 e. The van der Waals surface area contributed by atoms with Crippen LogP contribution < -0.4 is 0 Å². The van der Waals surface area contributed by atoms with Crippen molar-refractivity contribution >= 4 is 5.83 Å². The van der Waals surface area contributed by atoms with Crippen LogP contribution in [0.15, 0.2) is 66.5 Å². The Morgan fingerprint density at radius 2 is 1.05 bits per heavy atom. The molecule has 0 aliphatic carbocycles. The van der Waals surface area contributed by atoms with Crippen molar-refractivity contribution in [3.63, 3.8) is 0 Å². The molecule has 0 atom stereocenters. The second-order valence-electron chi connectivity index (χ2n) is 8.11. The molecule has 0 heterocycles. The van der Waals surface area contributed by atoms with Gasteiger partial charge in [-0.15, -0.1) is 0 Å². The highest BCUT2D eigenvalue weighted by atomic mass is 19.2. The Kier molecular flexibility index (Phi) is 7.63. The highest BCUT2D eigenvalue weighted by molar-refractivity contribution is 5.76. The molecule has 0 spiro atoms. The Labute approximate surface area is 210 Å². The first-order valence-electron chi connectivity index (χ1n) is 10.8. The Morgan fingerprint density at radius 1 is 0.579 bits per heavy atom.